The Morgan fingerprint density at radius 2 is 1.56 bits per heavy atom. The molecule has 0 atom stereocenters. The number of hydrogen-bond acceptors (Lipinski definition) is 7. The van der Waals surface area contributed by atoms with Crippen molar-refractivity contribution in [3.05, 3.63) is 29.3 Å². The van der Waals surface area contributed by atoms with Crippen molar-refractivity contribution in [2.24, 2.45) is 0 Å². The Morgan fingerprint density at radius 1 is 0.906 bits per heavy atom. The van der Waals surface area contributed by atoms with E-state index in [1.807, 2.05) is 18.2 Å². The number of carbonyl (C=O) groups is 2. The molecule has 0 aliphatic rings. The van der Waals surface area contributed by atoms with Crippen molar-refractivity contribution in [1.82, 2.24) is 0 Å². The minimum Gasteiger partial charge on any atom is -0.493 e. The number of ether oxygens (including phenoxy) is 2. The summed E-state index contributed by atoms with van der Waals surface area (Å²) in [6, 6.07) is 5.81. The highest BCUT2D eigenvalue weighted by molar-refractivity contribution is 7.85. The summed E-state index contributed by atoms with van der Waals surface area (Å²) in [5.41, 5.74) is 2.03. The van der Waals surface area contributed by atoms with Crippen molar-refractivity contribution in [3.8, 4) is 5.75 Å². The molecule has 182 valence electrons. The number of unbranched alkanes of at least 4 members (excludes halogenated alkanes) is 5. The molecular weight excluding hydrogens is 436 g/mol. The van der Waals surface area contributed by atoms with Crippen molar-refractivity contribution < 1.29 is 36.8 Å². The number of carboxylic acid groups (broad SMARTS) is 1. The zero-order valence-electron chi connectivity index (χ0n) is 19.1. The lowest BCUT2D eigenvalue weighted by Crippen LogP contribution is -2.07. The molecule has 32 heavy (non-hydrogen) atoms. The van der Waals surface area contributed by atoms with Gasteiger partial charge >= 0.3 is 11.9 Å². The van der Waals surface area contributed by atoms with E-state index < -0.39 is 16.1 Å². The van der Waals surface area contributed by atoms with Crippen LogP contribution >= 0.6 is 0 Å². The first-order valence-electron chi connectivity index (χ1n) is 11.1. The first kappa shape index (κ1) is 27.9. The minimum absolute atomic E-state index is 0.0403. The maximum Gasteiger partial charge on any atom is 0.303 e. The summed E-state index contributed by atoms with van der Waals surface area (Å²) in [7, 11) is -3.38. The van der Waals surface area contributed by atoms with Crippen LogP contribution in [0.3, 0.4) is 0 Å². The number of carboxylic acids is 1. The Balaban J connectivity index is 2.51. The van der Waals surface area contributed by atoms with Crippen LogP contribution in [0.1, 0.15) is 69.4 Å². The molecule has 1 N–H and O–H groups in total. The number of esters is 1. The smallest absolute Gasteiger partial charge is 0.303 e. The van der Waals surface area contributed by atoms with E-state index in [-0.39, 0.29) is 19.0 Å². The zero-order chi connectivity index (χ0) is 23.8. The van der Waals surface area contributed by atoms with Crippen molar-refractivity contribution in [2.45, 2.75) is 71.1 Å². The first-order valence-corrected chi connectivity index (χ1v) is 12.9. The topological polar surface area (TPSA) is 116 Å². The molecule has 0 aliphatic heterocycles. The van der Waals surface area contributed by atoms with Gasteiger partial charge < -0.3 is 14.6 Å². The van der Waals surface area contributed by atoms with Crippen LogP contribution in [0.25, 0.3) is 0 Å². The maximum absolute atomic E-state index is 11.1. The third-order valence-corrected chi connectivity index (χ3v) is 5.40. The third kappa shape index (κ3) is 14.0. The molecule has 0 fully saturated rings. The fourth-order valence-corrected chi connectivity index (χ4v) is 3.68. The van der Waals surface area contributed by atoms with Gasteiger partial charge in [-0.3, -0.25) is 13.8 Å². The number of aryl methyl sites for hydroxylation is 1. The van der Waals surface area contributed by atoms with Gasteiger partial charge in [0.1, 0.15) is 5.75 Å². The molecule has 0 aromatic heterocycles. The highest BCUT2D eigenvalue weighted by Gasteiger charge is 2.12. The number of hydrogen-bond donors (Lipinski definition) is 1. The van der Waals surface area contributed by atoms with Crippen LogP contribution in [0.15, 0.2) is 18.2 Å². The molecule has 1 rings (SSSR count). The zero-order valence-corrected chi connectivity index (χ0v) is 20.0. The second-order valence-electron chi connectivity index (χ2n) is 7.73. The first-order chi connectivity index (χ1) is 15.2. The lowest BCUT2D eigenvalue weighted by Gasteiger charge is -2.15. The summed E-state index contributed by atoms with van der Waals surface area (Å²) in [4.78, 5) is 21.9. The summed E-state index contributed by atoms with van der Waals surface area (Å²) in [5.74, 6) is -0.393. The van der Waals surface area contributed by atoms with Crippen LogP contribution < -0.4 is 4.74 Å². The van der Waals surface area contributed by atoms with E-state index in [0.29, 0.717) is 26.1 Å². The lowest BCUT2D eigenvalue weighted by atomic mass is 9.97. The van der Waals surface area contributed by atoms with E-state index in [4.69, 9.17) is 18.8 Å². The van der Waals surface area contributed by atoms with Gasteiger partial charge in [0.25, 0.3) is 10.1 Å². The van der Waals surface area contributed by atoms with Crippen LogP contribution in [0.5, 0.6) is 5.75 Å². The monoisotopic (exact) mass is 472 g/mol. The molecule has 0 aliphatic carbocycles. The molecule has 0 radical (unpaired) electrons. The maximum atomic E-state index is 11.1. The summed E-state index contributed by atoms with van der Waals surface area (Å²) < 4.78 is 37.5. The van der Waals surface area contributed by atoms with Gasteiger partial charge in [-0.15, -0.1) is 0 Å². The fraction of sp³-hybridized carbons (Fsp3) is 0.652. The van der Waals surface area contributed by atoms with Gasteiger partial charge in [-0.25, -0.2) is 0 Å². The van der Waals surface area contributed by atoms with Crippen molar-refractivity contribution in [1.29, 1.82) is 0 Å². The van der Waals surface area contributed by atoms with Gasteiger partial charge in [0.15, 0.2) is 0 Å². The molecule has 1 aromatic carbocycles. The Hall–Kier alpha value is -2.13. The molecule has 9 heteroatoms. The number of aliphatic carboxylic acids is 1. The number of rotatable bonds is 18. The van der Waals surface area contributed by atoms with Gasteiger partial charge in [-0.1, -0.05) is 25.0 Å². The fourth-order valence-electron chi connectivity index (χ4n) is 3.26. The predicted molar refractivity (Wildman–Crippen MR) is 121 cm³/mol. The summed E-state index contributed by atoms with van der Waals surface area (Å²) in [6.07, 6.45) is 8.17. The van der Waals surface area contributed by atoms with Crippen molar-refractivity contribution >= 4 is 22.1 Å². The summed E-state index contributed by atoms with van der Waals surface area (Å²) in [5, 5.41) is 9.11. The quantitative estimate of drug-likeness (QED) is 0.194. The molecule has 0 heterocycles. The summed E-state index contributed by atoms with van der Waals surface area (Å²) in [6.45, 7) is 2.52. The van der Waals surface area contributed by atoms with Crippen LogP contribution in [0.4, 0.5) is 0 Å². The van der Waals surface area contributed by atoms with E-state index in [9.17, 15) is 18.0 Å². The number of carbonyl (C=O) groups excluding carboxylic acids is 1. The normalized spacial score (nSPS) is 11.3. The molecule has 8 nitrogen and oxygen atoms in total. The average Bonchev–Trinajstić information content (AvgIpc) is 2.70. The third-order valence-electron chi connectivity index (χ3n) is 4.81. The minimum atomic E-state index is -3.38. The molecule has 0 saturated heterocycles. The van der Waals surface area contributed by atoms with Crippen LogP contribution in [0, 0.1) is 0 Å². The van der Waals surface area contributed by atoms with Crippen LogP contribution in [-0.4, -0.2) is 51.5 Å². The van der Waals surface area contributed by atoms with E-state index in [2.05, 4.69) is 0 Å². The Bertz CT molecular complexity index is 804. The van der Waals surface area contributed by atoms with Gasteiger partial charge in [-0.05, 0) is 62.1 Å². The van der Waals surface area contributed by atoms with Gasteiger partial charge in [0.2, 0.25) is 0 Å². The van der Waals surface area contributed by atoms with Gasteiger partial charge in [-0.2, -0.15) is 8.42 Å². The molecule has 0 saturated carbocycles. The molecule has 1 aromatic rings. The lowest BCUT2D eigenvalue weighted by molar-refractivity contribution is -0.141. The number of benzene rings is 1. The van der Waals surface area contributed by atoms with Crippen LogP contribution in [-0.2, 0) is 41.5 Å². The average molecular weight is 473 g/mol. The second kappa shape index (κ2) is 15.6. The molecule has 0 spiro atoms. The Labute approximate surface area is 191 Å². The van der Waals surface area contributed by atoms with Crippen molar-refractivity contribution in [3.63, 3.8) is 0 Å². The molecular formula is C23H36O8S. The molecule has 0 amide bonds. The predicted octanol–water partition coefficient (Wildman–Crippen LogP) is 3.90. The standard InChI is InChI=1S/C23H36O8S/c1-19(24)29-16-7-5-8-17-30-22-13-10-12-20(21(22)14-15-23(25)26)11-6-3-4-9-18-31-32(2,27)28/h10,12-13H,3-9,11,14-18H2,1-2H3,(H,25,26). The summed E-state index contributed by atoms with van der Waals surface area (Å²) >= 11 is 0. The highest BCUT2D eigenvalue weighted by Crippen LogP contribution is 2.26. The van der Waals surface area contributed by atoms with Gasteiger partial charge in [0.05, 0.1) is 26.1 Å². The molecule has 0 unspecified atom stereocenters. The van der Waals surface area contributed by atoms with E-state index in [1.165, 1.54) is 6.92 Å². The van der Waals surface area contributed by atoms with E-state index in [1.54, 1.807) is 0 Å². The largest absolute Gasteiger partial charge is 0.493 e. The Kier molecular flexibility index (Phi) is 13.6. The second-order valence-corrected chi connectivity index (χ2v) is 9.37. The van der Waals surface area contributed by atoms with Crippen molar-refractivity contribution in [2.75, 3.05) is 26.1 Å². The Morgan fingerprint density at radius 3 is 2.25 bits per heavy atom. The van der Waals surface area contributed by atoms with E-state index >= 15 is 0 Å². The SMILES string of the molecule is CC(=O)OCCCCCOc1cccc(CCCCCCOS(C)(=O)=O)c1CCC(=O)O. The van der Waals surface area contributed by atoms with Gasteiger partial charge in [0, 0.05) is 13.3 Å². The van der Waals surface area contributed by atoms with E-state index in [0.717, 1.165) is 68.1 Å². The molecule has 0 bridgehead atoms. The highest BCUT2D eigenvalue weighted by atomic mass is 32.2. The van der Waals surface area contributed by atoms with Crippen LogP contribution in [0.2, 0.25) is 0 Å².